The fourth-order valence-electron chi connectivity index (χ4n) is 5.49. The SMILES string of the molecule is CCc1cc2c(N3CCC4(C3)CN([C@H](c3cnn(C)c3C)C(C)C)C4)ncnc2s1. The van der Waals surface area contributed by atoms with Crippen LogP contribution in [0.3, 0.4) is 0 Å². The van der Waals surface area contributed by atoms with Crippen molar-refractivity contribution >= 4 is 27.4 Å². The Balaban J connectivity index is 1.34. The predicted molar refractivity (Wildman–Crippen MR) is 123 cm³/mol. The van der Waals surface area contributed by atoms with Gasteiger partial charge in [-0.15, -0.1) is 11.3 Å². The highest BCUT2D eigenvalue weighted by Gasteiger charge is 2.50. The lowest BCUT2D eigenvalue weighted by Gasteiger charge is -2.52. The fourth-order valence-corrected chi connectivity index (χ4v) is 6.42. The molecule has 0 radical (unpaired) electrons. The number of likely N-dealkylation sites (tertiary alicyclic amines) is 1. The maximum Gasteiger partial charge on any atom is 0.140 e. The van der Waals surface area contributed by atoms with Crippen LogP contribution >= 0.6 is 11.3 Å². The van der Waals surface area contributed by atoms with Gasteiger partial charge in [-0.1, -0.05) is 20.8 Å². The van der Waals surface area contributed by atoms with Gasteiger partial charge in [0.05, 0.1) is 11.6 Å². The molecule has 1 spiro atoms. The first-order valence-corrected chi connectivity index (χ1v) is 11.9. The number of hydrogen-bond donors (Lipinski definition) is 0. The lowest BCUT2D eigenvalue weighted by Crippen LogP contribution is -2.59. The monoisotopic (exact) mass is 424 g/mol. The highest BCUT2D eigenvalue weighted by Crippen LogP contribution is 2.47. The van der Waals surface area contributed by atoms with Crippen LogP contribution in [-0.4, -0.2) is 50.8 Å². The minimum Gasteiger partial charge on any atom is -0.355 e. The van der Waals surface area contributed by atoms with Crippen molar-refractivity contribution in [3.8, 4) is 0 Å². The molecule has 3 aromatic heterocycles. The molecule has 5 rings (SSSR count). The molecule has 0 unspecified atom stereocenters. The Labute approximate surface area is 182 Å². The molecule has 2 saturated heterocycles. The average Bonchev–Trinajstić information content (AvgIpc) is 3.40. The van der Waals surface area contributed by atoms with E-state index in [0.717, 1.165) is 30.2 Å². The summed E-state index contributed by atoms with van der Waals surface area (Å²) >= 11 is 1.80. The average molecular weight is 425 g/mol. The number of anilines is 1. The Hall–Kier alpha value is -1.99. The number of nitrogens with zero attached hydrogens (tertiary/aromatic N) is 6. The molecule has 0 amide bonds. The van der Waals surface area contributed by atoms with Crippen LogP contribution in [-0.2, 0) is 13.5 Å². The predicted octanol–water partition coefficient (Wildman–Crippen LogP) is 4.21. The third-order valence-electron chi connectivity index (χ3n) is 7.14. The van der Waals surface area contributed by atoms with E-state index >= 15 is 0 Å². The third-order valence-corrected chi connectivity index (χ3v) is 8.33. The molecule has 2 aliphatic rings. The van der Waals surface area contributed by atoms with E-state index in [1.807, 2.05) is 11.7 Å². The molecule has 3 aromatic rings. The standard InChI is InChI=1S/C23H32N6S/c1-6-17-9-18-21(24-14-25-22(18)30-17)28-8-7-23(11-28)12-29(13-23)20(15(2)3)19-10-26-27(5)16(19)4/h9-10,14-15,20H,6-8,11-13H2,1-5H3/t20-/m0/s1. The zero-order valence-electron chi connectivity index (χ0n) is 18.7. The van der Waals surface area contributed by atoms with Crippen molar-refractivity contribution in [1.29, 1.82) is 0 Å². The summed E-state index contributed by atoms with van der Waals surface area (Å²) in [5.41, 5.74) is 3.07. The fraction of sp³-hybridized carbons (Fsp3) is 0.609. The van der Waals surface area contributed by atoms with Gasteiger partial charge in [0.1, 0.15) is 17.0 Å². The second kappa shape index (κ2) is 7.31. The van der Waals surface area contributed by atoms with E-state index in [4.69, 9.17) is 4.98 Å². The van der Waals surface area contributed by atoms with E-state index in [1.165, 1.54) is 41.0 Å². The number of fused-ring (bicyclic) bond motifs is 1. The van der Waals surface area contributed by atoms with Gasteiger partial charge in [0.15, 0.2) is 0 Å². The summed E-state index contributed by atoms with van der Waals surface area (Å²) in [7, 11) is 2.04. The van der Waals surface area contributed by atoms with E-state index in [0.29, 0.717) is 17.4 Å². The van der Waals surface area contributed by atoms with Gasteiger partial charge >= 0.3 is 0 Å². The van der Waals surface area contributed by atoms with Gasteiger partial charge in [-0.3, -0.25) is 9.58 Å². The van der Waals surface area contributed by atoms with Crippen molar-refractivity contribution in [2.45, 2.75) is 46.6 Å². The molecule has 0 N–H and O–H groups in total. The summed E-state index contributed by atoms with van der Waals surface area (Å²) in [5.74, 6) is 1.71. The lowest BCUT2D eigenvalue weighted by molar-refractivity contribution is -0.0323. The number of aryl methyl sites for hydroxylation is 2. The zero-order chi connectivity index (χ0) is 21.0. The van der Waals surface area contributed by atoms with Crippen molar-refractivity contribution in [3.05, 3.63) is 34.7 Å². The van der Waals surface area contributed by atoms with Crippen LogP contribution < -0.4 is 4.90 Å². The quantitative estimate of drug-likeness (QED) is 0.614. The summed E-state index contributed by atoms with van der Waals surface area (Å²) in [6.07, 6.45) is 6.12. The van der Waals surface area contributed by atoms with Gasteiger partial charge in [-0.05, 0) is 31.7 Å². The molecule has 7 heteroatoms. The van der Waals surface area contributed by atoms with Crippen LogP contribution in [0.1, 0.15) is 49.4 Å². The largest absolute Gasteiger partial charge is 0.355 e. The van der Waals surface area contributed by atoms with E-state index < -0.39 is 0 Å². The Kier molecular flexibility index (Phi) is 4.86. The minimum atomic E-state index is 0.393. The molecular weight excluding hydrogens is 392 g/mol. The maximum atomic E-state index is 4.70. The highest BCUT2D eigenvalue weighted by molar-refractivity contribution is 7.18. The van der Waals surface area contributed by atoms with Crippen molar-refractivity contribution in [2.24, 2.45) is 18.4 Å². The number of thiophene rings is 1. The molecule has 2 fully saturated rings. The second-order valence-corrected chi connectivity index (χ2v) is 10.7. The first-order chi connectivity index (χ1) is 14.4. The van der Waals surface area contributed by atoms with Crippen LogP contribution in [0.4, 0.5) is 5.82 Å². The summed E-state index contributed by atoms with van der Waals surface area (Å²) in [5, 5.41) is 5.74. The van der Waals surface area contributed by atoms with E-state index in [-0.39, 0.29) is 0 Å². The molecule has 0 saturated carbocycles. The Morgan fingerprint density at radius 2 is 2.00 bits per heavy atom. The molecule has 5 heterocycles. The van der Waals surface area contributed by atoms with Gasteiger partial charge in [0, 0.05) is 60.8 Å². The number of aromatic nitrogens is 4. The molecule has 0 bridgehead atoms. The summed E-state index contributed by atoms with van der Waals surface area (Å²) in [4.78, 5) is 16.9. The summed E-state index contributed by atoms with van der Waals surface area (Å²) in [6.45, 7) is 13.6. The normalized spacial score (nSPS) is 19.9. The van der Waals surface area contributed by atoms with Gasteiger partial charge in [0.2, 0.25) is 0 Å². The molecule has 2 aliphatic heterocycles. The Morgan fingerprint density at radius 3 is 2.67 bits per heavy atom. The maximum absolute atomic E-state index is 4.70. The Bertz CT molecular complexity index is 1060. The first-order valence-electron chi connectivity index (χ1n) is 11.1. The van der Waals surface area contributed by atoms with E-state index in [2.05, 4.69) is 59.8 Å². The van der Waals surface area contributed by atoms with Crippen LogP contribution in [0, 0.1) is 18.3 Å². The van der Waals surface area contributed by atoms with Gasteiger partial charge in [-0.25, -0.2) is 9.97 Å². The molecular formula is C23H32N6S. The molecule has 6 nitrogen and oxygen atoms in total. The lowest BCUT2D eigenvalue weighted by atomic mass is 9.76. The summed E-state index contributed by atoms with van der Waals surface area (Å²) in [6, 6.07) is 2.75. The van der Waals surface area contributed by atoms with Crippen LogP contribution in [0.15, 0.2) is 18.6 Å². The van der Waals surface area contributed by atoms with Crippen molar-refractivity contribution < 1.29 is 0 Å². The van der Waals surface area contributed by atoms with Gasteiger partial charge in [-0.2, -0.15) is 5.10 Å². The molecule has 30 heavy (non-hydrogen) atoms. The summed E-state index contributed by atoms with van der Waals surface area (Å²) < 4.78 is 2.00. The van der Waals surface area contributed by atoms with E-state index in [9.17, 15) is 0 Å². The third kappa shape index (κ3) is 3.14. The molecule has 160 valence electrons. The first kappa shape index (κ1) is 19.9. The molecule has 0 aliphatic carbocycles. The van der Waals surface area contributed by atoms with Crippen molar-refractivity contribution in [2.75, 3.05) is 31.1 Å². The second-order valence-electron chi connectivity index (χ2n) is 9.56. The van der Waals surface area contributed by atoms with Crippen LogP contribution in [0.25, 0.3) is 10.2 Å². The highest BCUT2D eigenvalue weighted by atomic mass is 32.1. The number of rotatable bonds is 5. The van der Waals surface area contributed by atoms with Crippen molar-refractivity contribution in [3.63, 3.8) is 0 Å². The van der Waals surface area contributed by atoms with Crippen molar-refractivity contribution in [1.82, 2.24) is 24.6 Å². The zero-order valence-corrected chi connectivity index (χ0v) is 19.5. The topological polar surface area (TPSA) is 50.1 Å². The van der Waals surface area contributed by atoms with Gasteiger partial charge < -0.3 is 4.90 Å². The van der Waals surface area contributed by atoms with E-state index in [1.54, 1.807) is 17.7 Å². The Morgan fingerprint density at radius 1 is 1.20 bits per heavy atom. The van der Waals surface area contributed by atoms with Gasteiger partial charge in [0.25, 0.3) is 0 Å². The minimum absolute atomic E-state index is 0.393. The molecule has 1 atom stereocenters. The smallest absolute Gasteiger partial charge is 0.140 e. The van der Waals surface area contributed by atoms with Crippen LogP contribution in [0.5, 0.6) is 0 Å². The number of hydrogen-bond acceptors (Lipinski definition) is 6. The molecule has 0 aromatic carbocycles. The van der Waals surface area contributed by atoms with Crippen LogP contribution in [0.2, 0.25) is 0 Å².